The number of carbonyl (C=O) groups is 1. The quantitative estimate of drug-likeness (QED) is 0.630. The van der Waals surface area contributed by atoms with E-state index in [4.69, 9.17) is 0 Å². The molecule has 1 amide bonds. The van der Waals surface area contributed by atoms with Crippen molar-refractivity contribution in [3.8, 4) is 0 Å². The minimum Gasteiger partial charge on any atom is -0.292 e. The zero-order chi connectivity index (χ0) is 9.61. The van der Waals surface area contributed by atoms with Crippen molar-refractivity contribution in [2.75, 3.05) is 7.05 Å². The zero-order valence-electron chi connectivity index (χ0n) is 8.53. The summed E-state index contributed by atoms with van der Waals surface area (Å²) in [5.41, 5.74) is 5.49. The highest BCUT2D eigenvalue weighted by Gasteiger charge is 2.10. The van der Waals surface area contributed by atoms with E-state index in [1.807, 2.05) is 0 Å². The lowest BCUT2D eigenvalue weighted by molar-refractivity contribution is -0.122. The van der Waals surface area contributed by atoms with Gasteiger partial charge >= 0.3 is 0 Å². The topological polar surface area (TPSA) is 41.1 Å². The van der Waals surface area contributed by atoms with Crippen LogP contribution >= 0.6 is 0 Å². The van der Waals surface area contributed by atoms with Crippen molar-refractivity contribution >= 4 is 5.91 Å². The highest BCUT2D eigenvalue weighted by atomic mass is 16.2. The smallest absolute Gasteiger partial charge is 0.234 e. The van der Waals surface area contributed by atoms with Gasteiger partial charge in [0, 0.05) is 13.5 Å². The molecule has 0 bridgehead atoms. The van der Waals surface area contributed by atoms with Gasteiger partial charge in [-0.25, -0.2) is 5.43 Å². The van der Waals surface area contributed by atoms with Crippen LogP contribution in [0.4, 0.5) is 0 Å². The van der Waals surface area contributed by atoms with Crippen LogP contribution in [-0.4, -0.2) is 13.0 Å². The number of hydrogen-bond acceptors (Lipinski definition) is 2. The Morgan fingerprint density at radius 1 is 1.33 bits per heavy atom. The van der Waals surface area contributed by atoms with Gasteiger partial charge in [0.2, 0.25) is 5.91 Å². The first-order valence-corrected chi connectivity index (χ1v) is 4.41. The Labute approximate surface area is 74.9 Å². The van der Waals surface area contributed by atoms with E-state index in [2.05, 4.69) is 31.6 Å². The summed E-state index contributed by atoms with van der Waals surface area (Å²) in [5, 5.41) is 0. The fourth-order valence-electron chi connectivity index (χ4n) is 0.981. The van der Waals surface area contributed by atoms with Crippen molar-refractivity contribution < 1.29 is 4.79 Å². The Balaban J connectivity index is 3.37. The van der Waals surface area contributed by atoms with Crippen LogP contribution in [0.5, 0.6) is 0 Å². The van der Waals surface area contributed by atoms with Gasteiger partial charge in [-0.3, -0.25) is 10.2 Å². The number of carbonyl (C=O) groups excluding carboxylic acids is 1. The molecule has 0 aromatic heterocycles. The lowest BCUT2D eigenvalue weighted by Crippen LogP contribution is -2.33. The van der Waals surface area contributed by atoms with Crippen molar-refractivity contribution in [1.29, 1.82) is 0 Å². The van der Waals surface area contributed by atoms with Gasteiger partial charge in [0.15, 0.2) is 0 Å². The van der Waals surface area contributed by atoms with Crippen LogP contribution in [0.1, 0.15) is 40.0 Å². The molecule has 3 heteroatoms. The van der Waals surface area contributed by atoms with Crippen LogP contribution in [0, 0.1) is 5.41 Å². The minimum absolute atomic E-state index is 0.0711. The third kappa shape index (κ3) is 7.54. The first-order chi connectivity index (χ1) is 5.45. The molecular weight excluding hydrogens is 152 g/mol. The van der Waals surface area contributed by atoms with Crippen LogP contribution in [0.2, 0.25) is 0 Å². The highest BCUT2D eigenvalue weighted by molar-refractivity contribution is 5.75. The van der Waals surface area contributed by atoms with Crippen molar-refractivity contribution in [2.45, 2.75) is 40.0 Å². The van der Waals surface area contributed by atoms with Crippen molar-refractivity contribution in [2.24, 2.45) is 5.41 Å². The largest absolute Gasteiger partial charge is 0.292 e. The maximum Gasteiger partial charge on any atom is 0.234 e. The minimum atomic E-state index is 0.0711. The summed E-state index contributed by atoms with van der Waals surface area (Å²) in [4.78, 5) is 11.0. The fourth-order valence-corrected chi connectivity index (χ4v) is 0.981. The van der Waals surface area contributed by atoms with E-state index < -0.39 is 0 Å². The number of rotatable bonds is 4. The van der Waals surface area contributed by atoms with Crippen LogP contribution in [0.3, 0.4) is 0 Å². The molecule has 0 aliphatic rings. The zero-order valence-corrected chi connectivity index (χ0v) is 8.53. The van der Waals surface area contributed by atoms with Gasteiger partial charge in [0.1, 0.15) is 0 Å². The molecular formula is C9H20N2O. The van der Waals surface area contributed by atoms with Crippen LogP contribution < -0.4 is 10.9 Å². The molecule has 0 fully saturated rings. The van der Waals surface area contributed by atoms with E-state index in [9.17, 15) is 4.79 Å². The number of hydrogen-bond donors (Lipinski definition) is 2. The second-order valence-electron chi connectivity index (χ2n) is 4.21. The van der Waals surface area contributed by atoms with E-state index in [1.165, 1.54) is 0 Å². The second-order valence-corrected chi connectivity index (χ2v) is 4.21. The summed E-state index contributed by atoms with van der Waals surface area (Å²) in [6, 6.07) is 0. The molecule has 0 aliphatic heterocycles. The van der Waals surface area contributed by atoms with E-state index in [-0.39, 0.29) is 5.91 Å². The lowest BCUT2D eigenvalue weighted by Gasteiger charge is -2.17. The average Bonchev–Trinajstić information content (AvgIpc) is 1.84. The molecule has 0 radical (unpaired) electrons. The van der Waals surface area contributed by atoms with Crippen LogP contribution in [0.15, 0.2) is 0 Å². The Morgan fingerprint density at radius 2 is 1.92 bits per heavy atom. The molecule has 2 N–H and O–H groups in total. The molecule has 0 unspecified atom stereocenters. The van der Waals surface area contributed by atoms with Gasteiger partial charge in [-0.15, -0.1) is 0 Å². The fraction of sp³-hybridized carbons (Fsp3) is 0.889. The monoisotopic (exact) mass is 172 g/mol. The van der Waals surface area contributed by atoms with E-state index in [0.717, 1.165) is 12.8 Å². The molecule has 72 valence electrons. The number of hydrazine groups is 1. The Morgan fingerprint density at radius 3 is 2.33 bits per heavy atom. The first kappa shape index (κ1) is 11.4. The Hall–Kier alpha value is -0.570. The molecule has 0 aromatic carbocycles. The van der Waals surface area contributed by atoms with Gasteiger partial charge < -0.3 is 0 Å². The van der Waals surface area contributed by atoms with Crippen molar-refractivity contribution in [3.05, 3.63) is 0 Å². The van der Waals surface area contributed by atoms with Gasteiger partial charge in [-0.05, 0) is 18.3 Å². The summed E-state index contributed by atoms with van der Waals surface area (Å²) < 4.78 is 0. The molecule has 0 saturated heterocycles. The maximum atomic E-state index is 11.0. The highest BCUT2D eigenvalue weighted by Crippen LogP contribution is 2.21. The molecule has 0 aromatic rings. The normalized spacial score (nSPS) is 11.3. The molecule has 0 heterocycles. The van der Waals surface area contributed by atoms with Gasteiger partial charge in [-0.1, -0.05) is 20.8 Å². The predicted molar refractivity (Wildman–Crippen MR) is 50.5 cm³/mol. The maximum absolute atomic E-state index is 11.0. The molecule has 0 spiro atoms. The molecule has 0 atom stereocenters. The standard InChI is InChI=1S/C9H20N2O/c1-9(2,3)7-5-6-8(12)11-10-4/h10H,5-7H2,1-4H3,(H,11,12). The van der Waals surface area contributed by atoms with E-state index in [1.54, 1.807) is 7.05 Å². The van der Waals surface area contributed by atoms with Gasteiger partial charge in [-0.2, -0.15) is 0 Å². The summed E-state index contributed by atoms with van der Waals surface area (Å²) >= 11 is 0. The lowest BCUT2D eigenvalue weighted by atomic mass is 9.90. The van der Waals surface area contributed by atoms with Crippen LogP contribution in [-0.2, 0) is 4.79 Å². The summed E-state index contributed by atoms with van der Waals surface area (Å²) in [6.07, 6.45) is 2.65. The molecule has 0 saturated carbocycles. The van der Waals surface area contributed by atoms with Crippen LogP contribution in [0.25, 0.3) is 0 Å². The molecule has 12 heavy (non-hydrogen) atoms. The summed E-state index contributed by atoms with van der Waals surface area (Å²) in [5.74, 6) is 0.0711. The third-order valence-corrected chi connectivity index (χ3v) is 1.60. The predicted octanol–water partition coefficient (Wildman–Crippen LogP) is 1.45. The number of amides is 1. The average molecular weight is 172 g/mol. The molecule has 0 rings (SSSR count). The summed E-state index contributed by atoms with van der Waals surface area (Å²) in [7, 11) is 1.70. The SMILES string of the molecule is CNNC(=O)CCCC(C)(C)C. The summed E-state index contributed by atoms with van der Waals surface area (Å²) in [6.45, 7) is 6.55. The van der Waals surface area contributed by atoms with Crippen molar-refractivity contribution in [1.82, 2.24) is 10.9 Å². The molecule has 3 nitrogen and oxygen atoms in total. The third-order valence-electron chi connectivity index (χ3n) is 1.60. The Kier molecular flexibility index (Phi) is 4.90. The molecule has 0 aliphatic carbocycles. The second kappa shape index (κ2) is 5.14. The van der Waals surface area contributed by atoms with Crippen molar-refractivity contribution in [3.63, 3.8) is 0 Å². The first-order valence-electron chi connectivity index (χ1n) is 4.41. The van der Waals surface area contributed by atoms with E-state index in [0.29, 0.717) is 11.8 Å². The van der Waals surface area contributed by atoms with Gasteiger partial charge in [0.05, 0.1) is 0 Å². The Bertz CT molecular complexity index is 138. The van der Waals surface area contributed by atoms with Gasteiger partial charge in [0.25, 0.3) is 0 Å². The van der Waals surface area contributed by atoms with E-state index >= 15 is 0 Å². The number of nitrogens with one attached hydrogen (secondary N) is 2.